The van der Waals surface area contributed by atoms with Gasteiger partial charge in [-0.25, -0.2) is 0 Å². The number of aryl methyl sites for hydroxylation is 2. The van der Waals surface area contributed by atoms with Gasteiger partial charge in [-0.1, -0.05) is 12.1 Å². The van der Waals surface area contributed by atoms with Crippen molar-refractivity contribution in [1.29, 1.82) is 0 Å². The van der Waals surface area contributed by atoms with E-state index >= 15 is 0 Å². The van der Waals surface area contributed by atoms with Crippen molar-refractivity contribution >= 4 is 34.2 Å². The van der Waals surface area contributed by atoms with Crippen LogP contribution < -0.4 is 10.1 Å². The number of rotatable bonds is 7. The first kappa shape index (κ1) is 20.8. The Kier molecular flexibility index (Phi) is 6.01. The van der Waals surface area contributed by atoms with Gasteiger partial charge in [0.2, 0.25) is 0 Å². The molecule has 156 valence electrons. The van der Waals surface area contributed by atoms with Gasteiger partial charge in [0.1, 0.15) is 17.0 Å². The fraction of sp³-hybridized carbons (Fsp3) is 0.238. The van der Waals surface area contributed by atoms with Crippen LogP contribution in [0.5, 0.6) is 5.75 Å². The average Bonchev–Trinajstić information content (AvgIpc) is 3.12. The second-order valence-electron chi connectivity index (χ2n) is 6.67. The molecule has 0 saturated heterocycles. The Morgan fingerprint density at radius 3 is 2.67 bits per heavy atom. The summed E-state index contributed by atoms with van der Waals surface area (Å²) in [6.45, 7) is 3.33. The SMILES string of the molecule is COc1ccc(NC(=O)COC(=O)Cc2coc3c(C)c(C)ccc23)c([N+](=O)[O-])c1. The molecule has 0 atom stereocenters. The summed E-state index contributed by atoms with van der Waals surface area (Å²) in [5.41, 5.74) is 3.09. The van der Waals surface area contributed by atoms with E-state index in [1.54, 1.807) is 0 Å². The lowest BCUT2D eigenvalue weighted by molar-refractivity contribution is -0.384. The van der Waals surface area contributed by atoms with Gasteiger partial charge in [-0.2, -0.15) is 0 Å². The Morgan fingerprint density at radius 2 is 1.97 bits per heavy atom. The minimum Gasteiger partial charge on any atom is -0.496 e. The number of amides is 1. The zero-order chi connectivity index (χ0) is 21.8. The van der Waals surface area contributed by atoms with Gasteiger partial charge >= 0.3 is 5.97 Å². The highest BCUT2D eigenvalue weighted by molar-refractivity contribution is 5.95. The van der Waals surface area contributed by atoms with E-state index in [9.17, 15) is 19.7 Å². The Morgan fingerprint density at radius 1 is 1.20 bits per heavy atom. The van der Waals surface area contributed by atoms with Gasteiger partial charge < -0.3 is 19.2 Å². The number of fused-ring (bicyclic) bond motifs is 1. The summed E-state index contributed by atoms with van der Waals surface area (Å²) in [5.74, 6) is -1.03. The number of anilines is 1. The van der Waals surface area contributed by atoms with Crippen LogP contribution in [-0.2, 0) is 20.7 Å². The standard InChI is InChI=1S/C21H20N2O7/c1-12-4-6-16-14(10-30-21(16)13(12)2)8-20(25)29-11-19(24)22-17-7-5-15(28-3)9-18(17)23(26)27/h4-7,9-10H,8,11H2,1-3H3,(H,22,24). The van der Waals surface area contributed by atoms with Crippen LogP contribution in [0.4, 0.5) is 11.4 Å². The predicted octanol–water partition coefficient (Wildman–Crippen LogP) is 3.69. The number of carbonyl (C=O) groups is 2. The Bertz CT molecular complexity index is 1130. The monoisotopic (exact) mass is 412 g/mol. The molecule has 3 rings (SSSR count). The molecule has 9 heteroatoms. The van der Waals surface area contributed by atoms with Gasteiger partial charge in [-0.15, -0.1) is 0 Å². The van der Waals surface area contributed by atoms with E-state index < -0.39 is 23.4 Å². The first-order valence-electron chi connectivity index (χ1n) is 9.04. The lowest BCUT2D eigenvalue weighted by Gasteiger charge is -2.08. The van der Waals surface area contributed by atoms with Crippen LogP contribution in [0.1, 0.15) is 16.7 Å². The van der Waals surface area contributed by atoms with Gasteiger partial charge in [-0.3, -0.25) is 19.7 Å². The lowest BCUT2D eigenvalue weighted by atomic mass is 10.0. The highest BCUT2D eigenvalue weighted by Crippen LogP contribution is 2.29. The fourth-order valence-electron chi connectivity index (χ4n) is 2.96. The van der Waals surface area contributed by atoms with Crippen molar-refractivity contribution in [3.63, 3.8) is 0 Å². The largest absolute Gasteiger partial charge is 0.496 e. The molecule has 0 saturated carbocycles. The molecule has 0 bridgehead atoms. The third-order valence-electron chi connectivity index (χ3n) is 4.72. The van der Waals surface area contributed by atoms with Crippen molar-refractivity contribution in [3.8, 4) is 5.75 Å². The van der Waals surface area contributed by atoms with E-state index in [1.165, 1.54) is 31.6 Å². The number of nitrogens with zero attached hydrogens (tertiary/aromatic N) is 1. The van der Waals surface area contributed by atoms with Crippen LogP contribution in [0, 0.1) is 24.0 Å². The number of benzene rings is 2. The molecule has 0 fully saturated rings. The Hall–Kier alpha value is -3.88. The van der Waals surface area contributed by atoms with E-state index in [0.29, 0.717) is 11.1 Å². The van der Waals surface area contributed by atoms with Gasteiger partial charge in [0.05, 0.1) is 30.8 Å². The van der Waals surface area contributed by atoms with Crippen molar-refractivity contribution < 1.29 is 28.4 Å². The van der Waals surface area contributed by atoms with E-state index in [2.05, 4.69) is 5.32 Å². The summed E-state index contributed by atoms with van der Waals surface area (Å²) in [7, 11) is 1.38. The molecule has 0 aliphatic rings. The van der Waals surface area contributed by atoms with Crippen LogP contribution in [0.3, 0.4) is 0 Å². The molecule has 0 radical (unpaired) electrons. The van der Waals surface area contributed by atoms with Crippen LogP contribution in [-0.4, -0.2) is 30.5 Å². The predicted molar refractivity (Wildman–Crippen MR) is 109 cm³/mol. The molecular weight excluding hydrogens is 392 g/mol. The molecule has 1 heterocycles. The number of furan rings is 1. The zero-order valence-corrected chi connectivity index (χ0v) is 16.7. The van der Waals surface area contributed by atoms with Crippen LogP contribution in [0.25, 0.3) is 11.0 Å². The summed E-state index contributed by atoms with van der Waals surface area (Å²) in [5, 5.41) is 14.4. The summed E-state index contributed by atoms with van der Waals surface area (Å²) in [6.07, 6.45) is 1.44. The van der Waals surface area contributed by atoms with E-state index in [4.69, 9.17) is 13.9 Å². The fourth-order valence-corrected chi connectivity index (χ4v) is 2.96. The van der Waals surface area contributed by atoms with Crippen LogP contribution in [0.15, 0.2) is 41.0 Å². The second kappa shape index (κ2) is 8.64. The number of methoxy groups -OCH3 is 1. The molecule has 3 aromatic rings. The molecule has 1 aromatic heterocycles. The number of ether oxygens (including phenoxy) is 2. The number of nitrogens with one attached hydrogen (secondary N) is 1. The lowest BCUT2D eigenvalue weighted by Crippen LogP contribution is -2.22. The van der Waals surface area contributed by atoms with Crippen LogP contribution in [0.2, 0.25) is 0 Å². The van der Waals surface area contributed by atoms with Crippen molar-refractivity contribution in [1.82, 2.24) is 0 Å². The maximum Gasteiger partial charge on any atom is 0.310 e. The van der Waals surface area contributed by atoms with Crippen LogP contribution >= 0.6 is 0 Å². The van der Waals surface area contributed by atoms with Gasteiger partial charge in [0, 0.05) is 10.9 Å². The molecule has 9 nitrogen and oxygen atoms in total. The molecular formula is C21H20N2O7. The molecule has 0 aliphatic heterocycles. The topological polar surface area (TPSA) is 121 Å². The third kappa shape index (κ3) is 4.40. The second-order valence-corrected chi connectivity index (χ2v) is 6.67. The minimum absolute atomic E-state index is 0.0199. The van der Waals surface area contributed by atoms with E-state index in [-0.39, 0.29) is 23.5 Å². The normalized spacial score (nSPS) is 10.6. The van der Waals surface area contributed by atoms with Gasteiger partial charge in [0.25, 0.3) is 11.6 Å². The van der Waals surface area contributed by atoms with Crippen molar-refractivity contribution in [2.75, 3.05) is 19.0 Å². The molecule has 1 N–H and O–H groups in total. The molecule has 2 aromatic carbocycles. The third-order valence-corrected chi connectivity index (χ3v) is 4.72. The Balaban J connectivity index is 1.61. The maximum absolute atomic E-state index is 12.2. The number of carbonyl (C=O) groups excluding carboxylic acids is 2. The van der Waals surface area contributed by atoms with Crippen molar-refractivity contribution in [2.45, 2.75) is 20.3 Å². The summed E-state index contributed by atoms with van der Waals surface area (Å²) < 4.78 is 15.5. The molecule has 30 heavy (non-hydrogen) atoms. The molecule has 0 aliphatic carbocycles. The first-order chi connectivity index (χ1) is 14.3. The van der Waals surface area contributed by atoms with Crippen molar-refractivity contribution in [3.05, 3.63) is 63.4 Å². The number of hydrogen-bond donors (Lipinski definition) is 1. The summed E-state index contributed by atoms with van der Waals surface area (Å²) >= 11 is 0. The number of esters is 1. The highest BCUT2D eigenvalue weighted by Gasteiger charge is 2.19. The zero-order valence-electron chi connectivity index (χ0n) is 16.7. The summed E-state index contributed by atoms with van der Waals surface area (Å²) in [6, 6.07) is 7.83. The van der Waals surface area contributed by atoms with E-state index in [1.807, 2.05) is 26.0 Å². The molecule has 0 unspecified atom stereocenters. The number of nitro benzene ring substituents is 1. The highest BCUT2D eigenvalue weighted by atomic mass is 16.6. The molecule has 1 amide bonds. The molecule has 0 spiro atoms. The Labute approximate surface area is 171 Å². The van der Waals surface area contributed by atoms with Gasteiger partial charge in [-0.05, 0) is 37.1 Å². The smallest absolute Gasteiger partial charge is 0.310 e. The van der Waals surface area contributed by atoms with E-state index in [0.717, 1.165) is 16.5 Å². The number of nitro groups is 1. The quantitative estimate of drug-likeness (QED) is 0.357. The minimum atomic E-state index is -0.694. The first-order valence-corrected chi connectivity index (χ1v) is 9.04. The van der Waals surface area contributed by atoms with Crippen molar-refractivity contribution in [2.24, 2.45) is 0 Å². The average molecular weight is 412 g/mol. The number of hydrogen-bond acceptors (Lipinski definition) is 7. The maximum atomic E-state index is 12.2. The summed E-state index contributed by atoms with van der Waals surface area (Å²) in [4.78, 5) is 34.8. The van der Waals surface area contributed by atoms with Gasteiger partial charge in [0.15, 0.2) is 6.61 Å².